The van der Waals surface area contributed by atoms with Crippen LogP contribution in [0.2, 0.25) is 0 Å². The van der Waals surface area contributed by atoms with Gasteiger partial charge in [0.15, 0.2) is 0 Å². The number of carbonyl (C=O) groups is 2. The molecule has 0 aromatic heterocycles. The van der Waals surface area contributed by atoms with Crippen LogP contribution in [0.5, 0.6) is 0 Å². The lowest BCUT2D eigenvalue weighted by Crippen LogP contribution is -2.54. The molecule has 1 N–H and O–H groups in total. The first-order valence-corrected chi connectivity index (χ1v) is 12.3. The number of amides is 2. The van der Waals surface area contributed by atoms with Crippen LogP contribution in [-0.4, -0.2) is 28.3 Å². The number of benzene rings is 3. The molecular formula is C31H38N2O2. The van der Waals surface area contributed by atoms with Gasteiger partial charge in [-0.2, -0.15) is 0 Å². The van der Waals surface area contributed by atoms with Crippen molar-refractivity contribution in [3.05, 3.63) is 106 Å². The Kier molecular flexibility index (Phi) is 8.50. The third kappa shape index (κ3) is 7.81. The third-order valence-corrected chi connectivity index (χ3v) is 6.17. The zero-order valence-electron chi connectivity index (χ0n) is 21.9. The standard InChI is InChI=1S/C31H38N2O2/c1-22-12-15-26(16-13-22)21-33(29(34)20-27-17-14-23(2)24(3)18-27)28(30(35)32-31(4,5)6)19-25-10-8-7-9-11-25/h7-18,28H,19-21H2,1-6H3,(H,32,35). The first-order chi connectivity index (χ1) is 16.5. The topological polar surface area (TPSA) is 49.4 Å². The summed E-state index contributed by atoms with van der Waals surface area (Å²) < 4.78 is 0. The molecule has 3 rings (SSSR count). The maximum atomic E-state index is 13.8. The number of nitrogens with zero attached hydrogens (tertiary/aromatic N) is 1. The van der Waals surface area contributed by atoms with Crippen LogP contribution in [0.15, 0.2) is 72.8 Å². The van der Waals surface area contributed by atoms with Crippen molar-refractivity contribution in [3.8, 4) is 0 Å². The van der Waals surface area contributed by atoms with Gasteiger partial charge in [0.2, 0.25) is 11.8 Å². The Morgan fingerprint density at radius 1 is 0.800 bits per heavy atom. The average Bonchev–Trinajstić information content (AvgIpc) is 2.79. The molecule has 0 saturated carbocycles. The summed E-state index contributed by atoms with van der Waals surface area (Å²) in [6, 6.07) is 23.6. The molecule has 1 atom stereocenters. The number of hydrogen-bond donors (Lipinski definition) is 1. The molecule has 4 nitrogen and oxygen atoms in total. The average molecular weight is 471 g/mol. The van der Waals surface area contributed by atoms with Crippen LogP contribution >= 0.6 is 0 Å². The molecule has 0 heterocycles. The Labute approximate surface area is 210 Å². The molecule has 0 aliphatic rings. The molecule has 0 aliphatic carbocycles. The molecule has 0 spiro atoms. The van der Waals surface area contributed by atoms with Gasteiger partial charge in [0.05, 0.1) is 6.42 Å². The number of rotatable bonds is 8. The highest BCUT2D eigenvalue weighted by Crippen LogP contribution is 2.19. The molecule has 1 unspecified atom stereocenters. The largest absolute Gasteiger partial charge is 0.350 e. The number of aryl methyl sites for hydroxylation is 3. The minimum Gasteiger partial charge on any atom is -0.350 e. The molecule has 0 saturated heterocycles. The van der Waals surface area contributed by atoms with E-state index >= 15 is 0 Å². The van der Waals surface area contributed by atoms with E-state index in [9.17, 15) is 9.59 Å². The summed E-state index contributed by atoms with van der Waals surface area (Å²) >= 11 is 0. The van der Waals surface area contributed by atoms with Gasteiger partial charge in [-0.25, -0.2) is 0 Å². The van der Waals surface area contributed by atoms with Crippen LogP contribution in [0.1, 0.15) is 54.2 Å². The molecule has 184 valence electrons. The summed E-state index contributed by atoms with van der Waals surface area (Å²) in [4.78, 5) is 29.2. The maximum Gasteiger partial charge on any atom is 0.243 e. The number of hydrogen-bond acceptors (Lipinski definition) is 2. The predicted molar refractivity (Wildman–Crippen MR) is 143 cm³/mol. The molecule has 2 amide bonds. The molecule has 4 heteroatoms. The summed E-state index contributed by atoms with van der Waals surface area (Å²) in [6.07, 6.45) is 0.703. The van der Waals surface area contributed by atoms with E-state index < -0.39 is 11.6 Å². The lowest BCUT2D eigenvalue weighted by molar-refractivity contribution is -0.141. The fraction of sp³-hybridized carbons (Fsp3) is 0.355. The number of carbonyl (C=O) groups excluding carboxylic acids is 2. The van der Waals surface area contributed by atoms with Gasteiger partial charge in [0.1, 0.15) is 6.04 Å². The summed E-state index contributed by atoms with van der Waals surface area (Å²) in [6.45, 7) is 12.4. The third-order valence-electron chi connectivity index (χ3n) is 6.17. The van der Waals surface area contributed by atoms with Crippen LogP contribution < -0.4 is 5.32 Å². The minimum absolute atomic E-state index is 0.0566. The fourth-order valence-corrected chi connectivity index (χ4v) is 4.09. The van der Waals surface area contributed by atoms with Gasteiger partial charge >= 0.3 is 0 Å². The van der Waals surface area contributed by atoms with Crippen LogP contribution in [0, 0.1) is 20.8 Å². The minimum atomic E-state index is -0.628. The first-order valence-electron chi connectivity index (χ1n) is 12.3. The molecule has 0 aliphatic heterocycles. The van der Waals surface area contributed by atoms with Crippen LogP contribution in [-0.2, 0) is 29.0 Å². The second-order valence-electron chi connectivity index (χ2n) is 10.5. The summed E-state index contributed by atoms with van der Waals surface area (Å²) in [7, 11) is 0. The fourth-order valence-electron chi connectivity index (χ4n) is 4.09. The zero-order valence-corrected chi connectivity index (χ0v) is 21.9. The van der Waals surface area contributed by atoms with E-state index in [1.54, 1.807) is 4.90 Å². The molecule has 3 aromatic carbocycles. The van der Waals surface area contributed by atoms with Crippen LogP contribution in [0.4, 0.5) is 0 Å². The van der Waals surface area contributed by atoms with E-state index in [4.69, 9.17) is 0 Å². The van der Waals surface area contributed by atoms with Gasteiger partial charge in [-0.15, -0.1) is 0 Å². The second-order valence-corrected chi connectivity index (χ2v) is 10.5. The Morgan fingerprint density at radius 2 is 1.43 bits per heavy atom. The molecule has 35 heavy (non-hydrogen) atoms. The van der Waals surface area contributed by atoms with Gasteiger partial charge in [-0.1, -0.05) is 78.4 Å². The molecule has 0 radical (unpaired) electrons. The normalized spacial score (nSPS) is 12.2. The molecule has 0 bridgehead atoms. The van der Waals surface area contributed by atoms with Crippen LogP contribution in [0.25, 0.3) is 0 Å². The van der Waals surface area contributed by atoms with Crippen molar-refractivity contribution in [2.24, 2.45) is 0 Å². The maximum absolute atomic E-state index is 13.8. The van der Waals surface area contributed by atoms with Crippen molar-refractivity contribution >= 4 is 11.8 Å². The predicted octanol–water partition coefficient (Wildman–Crippen LogP) is 5.71. The van der Waals surface area contributed by atoms with E-state index in [0.717, 1.165) is 27.8 Å². The SMILES string of the molecule is Cc1ccc(CN(C(=O)Cc2ccc(C)c(C)c2)C(Cc2ccccc2)C(=O)NC(C)(C)C)cc1. The Balaban J connectivity index is 1.99. The van der Waals surface area contributed by atoms with Crippen LogP contribution in [0.3, 0.4) is 0 Å². The molecule has 0 fully saturated rings. The summed E-state index contributed by atoms with van der Waals surface area (Å²) in [5, 5.41) is 3.12. The summed E-state index contributed by atoms with van der Waals surface area (Å²) in [5.74, 6) is -0.194. The lowest BCUT2D eigenvalue weighted by atomic mass is 9.99. The van der Waals surface area contributed by atoms with E-state index in [0.29, 0.717) is 13.0 Å². The Morgan fingerprint density at radius 3 is 2.03 bits per heavy atom. The van der Waals surface area contributed by atoms with E-state index in [2.05, 4.69) is 31.3 Å². The van der Waals surface area contributed by atoms with Crippen molar-refractivity contribution in [2.75, 3.05) is 0 Å². The van der Waals surface area contributed by atoms with Crippen molar-refractivity contribution in [1.29, 1.82) is 0 Å². The highest BCUT2D eigenvalue weighted by Gasteiger charge is 2.32. The monoisotopic (exact) mass is 470 g/mol. The molecular weight excluding hydrogens is 432 g/mol. The molecule has 3 aromatic rings. The smallest absolute Gasteiger partial charge is 0.243 e. The number of nitrogens with one attached hydrogen (secondary N) is 1. The van der Waals surface area contributed by atoms with Gasteiger partial charge < -0.3 is 10.2 Å². The van der Waals surface area contributed by atoms with Gasteiger partial charge in [-0.3, -0.25) is 9.59 Å². The van der Waals surface area contributed by atoms with Gasteiger partial charge in [-0.05, 0) is 69.4 Å². The van der Waals surface area contributed by atoms with E-state index in [1.165, 1.54) is 5.56 Å². The summed E-state index contributed by atoms with van der Waals surface area (Å²) in [5.41, 5.74) is 6.10. The lowest BCUT2D eigenvalue weighted by Gasteiger charge is -2.34. The Bertz CT molecular complexity index is 1140. The quantitative estimate of drug-likeness (QED) is 0.458. The highest BCUT2D eigenvalue weighted by molar-refractivity contribution is 5.89. The van der Waals surface area contributed by atoms with Crippen molar-refractivity contribution in [1.82, 2.24) is 10.2 Å². The van der Waals surface area contributed by atoms with E-state index in [-0.39, 0.29) is 18.2 Å². The Hall–Kier alpha value is -3.40. The first kappa shape index (κ1) is 26.2. The highest BCUT2D eigenvalue weighted by atomic mass is 16.2. The van der Waals surface area contributed by atoms with Gasteiger partial charge in [0, 0.05) is 18.5 Å². The van der Waals surface area contributed by atoms with Crippen molar-refractivity contribution in [3.63, 3.8) is 0 Å². The van der Waals surface area contributed by atoms with Crippen molar-refractivity contribution < 1.29 is 9.59 Å². The van der Waals surface area contributed by atoms with Crippen molar-refractivity contribution in [2.45, 2.75) is 72.5 Å². The second kappa shape index (κ2) is 11.4. The van der Waals surface area contributed by atoms with E-state index in [1.807, 2.05) is 88.4 Å². The zero-order chi connectivity index (χ0) is 25.6. The van der Waals surface area contributed by atoms with Gasteiger partial charge in [0.25, 0.3) is 0 Å².